The Morgan fingerprint density at radius 1 is 0.223 bits per heavy atom. The van der Waals surface area contributed by atoms with Crippen molar-refractivity contribution in [2.75, 3.05) is 9.80 Å². The van der Waals surface area contributed by atoms with Crippen molar-refractivity contribution in [3.63, 3.8) is 0 Å². The summed E-state index contributed by atoms with van der Waals surface area (Å²) in [5.41, 5.74) is 23.5. The normalized spacial score (nSPS) is 12.2. The number of para-hydroxylation sites is 4. The SMILES string of the molecule is c1ccc(-c2nc(-c3ccccc3)nc(-c3ccc(-n4c5ccccc5c5cc(-c6nc(-c7ccccc7)nc(-c7ccccc7)n6)ccc54)c(-c4ccc(-c5cccc(N6c7ccccc7B7c8ccccc8N(c8ccccc8)c8cccc6c87)c5)cc4)c3)n2)cc1. The predicted octanol–water partition coefficient (Wildman–Crippen LogP) is 18.6. The third-order valence-electron chi connectivity index (χ3n) is 18.3. The van der Waals surface area contributed by atoms with Crippen molar-refractivity contribution < 1.29 is 0 Å². The number of nitrogens with zero attached hydrogens (tertiary/aromatic N) is 9. The molecule has 0 spiro atoms. The summed E-state index contributed by atoms with van der Waals surface area (Å²) in [6.45, 7) is 0.0555. The highest BCUT2D eigenvalue weighted by Gasteiger charge is 2.43. The minimum Gasteiger partial charge on any atom is -0.311 e. The molecule has 10 heteroatoms. The van der Waals surface area contributed by atoms with E-state index < -0.39 is 0 Å². The Morgan fingerprint density at radius 3 is 1.16 bits per heavy atom. The lowest BCUT2D eigenvalue weighted by Gasteiger charge is -2.44. The zero-order chi connectivity index (χ0) is 62.1. The number of hydrogen-bond donors (Lipinski definition) is 0. The van der Waals surface area contributed by atoms with Gasteiger partial charge in [0.15, 0.2) is 34.9 Å². The molecular weight excluding hydrogens is 1150 g/mol. The molecule has 0 amide bonds. The van der Waals surface area contributed by atoms with Crippen LogP contribution in [0.2, 0.25) is 0 Å². The van der Waals surface area contributed by atoms with Gasteiger partial charge in [-0.25, -0.2) is 29.9 Å². The Balaban J connectivity index is 0.782. The van der Waals surface area contributed by atoms with Crippen molar-refractivity contribution in [1.29, 1.82) is 0 Å². The molecule has 9 nitrogen and oxygen atoms in total. The Labute approximate surface area is 544 Å². The Bertz CT molecular complexity index is 5460. The highest BCUT2D eigenvalue weighted by atomic mass is 15.2. The molecule has 0 fully saturated rings. The molecule has 94 heavy (non-hydrogen) atoms. The topological polar surface area (TPSA) is 88.7 Å². The summed E-state index contributed by atoms with van der Waals surface area (Å²) in [4.78, 5) is 35.7. The van der Waals surface area contributed by atoms with Crippen molar-refractivity contribution in [2.45, 2.75) is 0 Å². The van der Waals surface area contributed by atoms with Crippen LogP contribution in [0.5, 0.6) is 0 Å². The summed E-state index contributed by atoms with van der Waals surface area (Å²) < 4.78 is 2.39. The lowest BCUT2D eigenvalue weighted by atomic mass is 9.33. The number of hydrogen-bond acceptors (Lipinski definition) is 8. The average molecular weight is 1200 g/mol. The second kappa shape index (κ2) is 22.7. The molecule has 5 heterocycles. The molecule has 0 N–H and O–H groups in total. The van der Waals surface area contributed by atoms with Gasteiger partial charge in [0.2, 0.25) is 0 Å². The molecule has 0 atom stereocenters. The third kappa shape index (κ3) is 9.34. The summed E-state index contributed by atoms with van der Waals surface area (Å²) >= 11 is 0. The lowest BCUT2D eigenvalue weighted by Crippen LogP contribution is -2.61. The number of fused-ring (bicyclic) bond motifs is 7. The van der Waals surface area contributed by atoms with E-state index >= 15 is 0 Å². The van der Waals surface area contributed by atoms with Gasteiger partial charge in [-0.1, -0.05) is 237 Å². The predicted molar refractivity (Wildman–Crippen MR) is 385 cm³/mol. The number of anilines is 6. The van der Waals surface area contributed by atoms with Gasteiger partial charge >= 0.3 is 0 Å². The first kappa shape index (κ1) is 54.3. The summed E-state index contributed by atoms with van der Waals surface area (Å²) in [5, 5.41) is 2.17. The van der Waals surface area contributed by atoms with Crippen molar-refractivity contribution in [3.05, 3.63) is 328 Å². The van der Waals surface area contributed by atoms with Gasteiger partial charge in [-0.3, -0.25) is 0 Å². The van der Waals surface area contributed by atoms with Crippen LogP contribution in [0.3, 0.4) is 0 Å². The van der Waals surface area contributed by atoms with Crippen molar-refractivity contribution in [3.8, 4) is 96.3 Å². The molecule has 18 rings (SSSR count). The smallest absolute Gasteiger partial charge is 0.252 e. The van der Waals surface area contributed by atoms with Gasteiger partial charge in [0.05, 0.1) is 16.7 Å². The van der Waals surface area contributed by atoms with E-state index in [1.807, 2.05) is 121 Å². The second-order valence-electron chi connectivity index (χ2n) is 23.8. The molecule has 3 aromatic heterocycles. The van der Waals surface area contributed by atoms with Gasteiger partial charge in [0.1, 0.15) is 0 Å². The van der Waals surface area contributed by atoms with Gasteiger partial charge in [-0.2, -0.15) is 0 Å². The summed E-state index contributed by atoms with van der Waals surface area (Å²) in [6, 6.07) is 116. The first-order valence-corrected chi connectivity index (χ1v) is 31.7. The molecule has 16 aromatic rings. The summed E-state index contributed by atoms with van der Waals surface area (Å²) in [6.07, 6.45) is 0. The zero-order valence-corrected chi connectivity index (χ0v) is 50.8. The fourth-order valence-corrected chi connectivity index (χ4v) is 14.0. The minimum absolute atomic E-state index is 0.0555. The molecule has 0 bridgehead atoms. The molecule has 13 aromatic carbocycles. The van der Waals surface area contributed by atoms with Crippen LogP contribution >= 0.6 is 0 Å². The molecular formula is C84H54BN9. The van der Waals surface area contributed by atoms with Gasteiger partial charge in [-0.05, 0) is 124 Å². The van der Waals surface area contributed by atoms with E-state index in [4.69, 9.17) is 29.9 Å². The second-order valence-corrected chi connectivity index (χ2v) is 23.8. The quantitative estimate of drug-likeness (QED) is 0.118. The summed E-state index contributed by atoms with van der Waals surface area (Å²) in [5.74, 6) is 3.60. The molecule has 2 aliphatic heterocycles. The largest absolute Gasteiger partial charge is 0.311 e. The van der Waals surface area contributed by atoms with Gasteiger partial charge in [-0.15, -0.1) is 0 Å². The third-order valence-corrected chi connectivity index (χ3v) is 18.3. The molecule has 0 saturated heterocycles. The standard InChI is InChI=1S/C84H54BN9/c1-6-24-57(25-7-1)79-86-80(58-26-8-2-9-27-58)89-83(88-79)62-48-50-72(94-71-39-19-16-36-66(71)68-54-63(49-51-73(68)94)84-90-81(59-28-10-3-11-29-59)87-82(91-84)60-30-12-4-13-31-60)67(53-62)56-46-44-55(45-47-56)61-32-22-35-65(52-61)93-75-41-21-18-38-70(75)85-69-37-17-20-40-74(69)92(64-33-14-5-15-34-64)76-42-23-43-77(93)78(76)85/h1-54H. The molecule has 0 unspecified atom stereocenters. The van der Waals surface area contributed by atoms with Crippen molar-refractivity contribution >= 4 is 79.0 Å². The average Bonchev–Trinajstić information content (AvgIpc) is 0.821. The van der Waals surface area contributed by atoms with Crippen LogP contribution in [0.25, 0.3) is 118 Å². The van der Waals surface area contributed by atoms with E-state index in [1.165, 1.54) is 39.1 Å². The maximum absolute atomic E-state index is 5.24. The van der Waals surface area contributed by atoms with E-state index in [-0.39, 0.29) is 6.71 Å². The van der Waals surface area contributed by atoms with E-state index in [9.17, 15) is 0 Å². The van der Waals surface area contributed by atoms with Crippen LogP contribution in [0.15, 0.2) is 328 Å². The number of benzene rings is 13. The van der Waals surface area contributed by atoms with Crippen LogP contribution in [0, 0.1) is 0 Å². The van der Waals surface area contributed by atoms with E-state index in [0.717, 1.165) is 94.5 Å². The van der Waals surface area contributed by atoms with E-state index in [0.29, 0.717) is 34.9 Å². The Hall–Kier alpha value is -12.7. The first-order valence-electron chi connectivity index (χ1n) is 31.7. The van der Waals surface area contributed by atoms with Gasteiger partial charge in [0.25, 0.3) is 6.71 Å². The molecule has 2 aliphatic rings. The number of aromatic nitrogens is 7. The number of rotatable bonds is 11. The Morgan fingerprint density at radius 2 is 0.606 bits per heavy atom. The fourth-order valence-electron chi connectivity index (χ4n) is 14.0. The van der Waals surface area contributed by atoms with Gasteiger partial charge < -0.3 is 14.4 Å². The van der Waals surface area contributed by atoms with Crippen molar-refractivity contribution in [2.24, 2.45) is 0 Å². The van der Waals surface area contributed by atoms with Crippen LogP contribution in [0.1, 0.15) is 0 Å². The van der Waals surface area contributed by atoms with Crippen LogP contribution in [0.4, 0.5) is 34.1 Å². The highest BCUT2D eigenvalue weighted by Crippen LogP contribution is 2.46. The molecule has 0 saturated carbocycles. The fraction of sp³-hybridized carbons (Fsp3) is 0. The monoisotopic (exact) mass is 1200 g/mol. The first-order chi connectivity index (χ1) is 46.6. The van der Waals surface area contributed by atoms with Gasteiger partial charge in [0, 0.05) is 83.8 Å². The molecule has 438 valence electrons. The lowest BCUT2D eigenvalue weighted by molar-refractivity contribution is 1.07. The maximum Gasteiger partial charge on any atom is 0.252 e. The van der Waals surface area contributed by atoms with Crippen molar-refractivity contribution in [1.82, 2.24) is 34.5 Å². The Kier molecular flexibility index (Phi) is 13.1. The minimum atomic E-state index is 0.0555. The van der Waals surface area contributed by atoms with Crippen LogP contribution in [-0.2, 0) is 0 Å². The van der Waals surface area contributed by atoms with Crippen LogP contribution < -0.4 is 26.2 Å². The van der Waals surface area contributed by atoms with E-state index in [2.05, 4.69) is 221 Å². The molecule has 0 aliphatic carbocycles. The maximum atomic E-state index is 5.24. The molecule has 0 radical (unpaired) electrons. The highest BCUT2D eigenvalue weighted by molar-refractivity contribution is 7.00. The van der Waals surface area contributed by atoms with Crippen LogP contribution in [-0.4, -0.2) is 41.2 Å². The zero-order valence-electron chi connectivity index (χ0n) is 50.8. The summed E-state index contributed by atoms with van der Waals surface area (Å²) in [7, 11) is 0. The van der Waals surface area contributed by atoms with E-state index in [1.54, 1.807) is 0 Å².